The molecule has 0 saturated heterocycles. The van der Waals surface area contributed by atoms with Gasteiger partial charge in [-0.25, -0.2) is 0 Å². The maximum atomic E-state index is 11.3. The van der Waals surface area contributed by atoms with E-state index >= 15 is 0 Å². The number of aliphatic carboxylic acids is 1. The lowest BCUT2D eigenvalue weighted by Crippen LogP contribution is -2.11. The van der Waals surface area contributed by atoms with E-state index in [0.717, 1.165) is 5.56 Å². The highest BCUT2D eigenvalue weighted by molar-refractivity contribution is 6.22. The van der Waals surface area contributed by atoms with E-state index in [1.807, 2.05) is 30.3 Å². The summed E-state index contributed by atoms with van der Waals surface area (Å²) in [5.74, 6) is -1.76. The van der Waals surface area contributed by atoms with Crippen molar-refractivity contribution in [2.75, 3.05) is 0 Å². The zero-order valence-corrected chi connectivity index (χ0v) is 9.76. The molecule has 0 unspecified atom stereocenters. The third-order valence-corrected chi connectivity index (χ3v) is 2.45. The number of rotatable bonds is 6. The van der Waals surface area contributed by atoms with Crippen molar-refractivity contribution in [3.8, 4) is 0 Å². The molecule has 5 heteroatoms. The van der Waals surface area contributed by atoms with E-state index in [9.17, 15) is 9.59 Å². The van der Waals surface area contributed by atoms with Gasteiger partial charge in [-0.3, -0.25) is 9.59 Å². The predicted octanol–water partition coefficient (Wildman–Crippen LogP) is 1.02. The second-order valence-corrected chi connectivity index (χ2v) is 3.92. The highest BCUT2D eigenvalue weighted by Crippen LogP contribution is 2.10. The van der Waals surface area contributed by atoms with Crippen LogP contribution in [0.25, 0.3) is 0 Å². The first kappa shape index (κ1) is 13.3. The summed E-state index contributed by atoms with van der Waals surface area (Å²) in [6.45, 7) is 0.237. The minimum Gasteiger partial charge on any atom is -0.482 e. The van der Waals surface area contributed by atoms with Gasteiger partial charge in [-0.15, -0.1) is 0 Å². The lowest BCUT2D eigenvalue weighted by molar-refractivity contribution is -0.145. The van der Waals surface area contributed by atoms with Crippen LogP contribution in [-0.2, 0) is 20.9 Å². The molecule has 1 N–H and O–H groups in total. The summed E-state index contributed by atoms with van der Waals surface area (Å²) in [7, 11) is 1.58. The Morgan fingerprint density at radius 2 is 1.94 bits per heavy atom. The molecule has 1 aromatic rings. The smallest absolute Gasteiger partial charge is 0.306 e. The van der Waals surface area contributed by atoms with Crippen molar-refractivity contribution in [3.63, 3.8) is 0 Å². The number of carboxylic acid groups (broad SMARTS) is 1. The molecule has 0 bridgehead atoms. The Labute approximate surface area is 101 Å². The average Bonchev–Trinajstić information content (AvgIpc) is 2.34. The molecule has 1 aromatic carbocycles. The number of ether oxygens (including phenoxy) is 1. The molecule has 0 aliphatic carbocycles. The summed E-state index contributed by atoms with van der Waals surface area (Å²) in [5, 5.41) is 8.65. The Kier molecular flexibility index (Phi) is 5.26. The van der Waals surface area contributed by atoms with E-state index in [1.54, 1.807) is 7.85 Å². The van der Waals surface area contributed by atoms with Crippen molar-refractivity contribution in [3.05, 3.63) is 35.9 Å². The fraction of sp³-hybridized carbons (Fsp3) is 0.333. The molecule has 0 aliphatic rings. The Morgan fingerprint density at radius 1 is 1.29 bits per heavy atom. The van der Waals surface area contributed by atoms with Crippen LogP contribution in [0.15, 0.2) is 30.3 Å². The molecule has 0 spiro atoms. The number of benzene rings is 1. The largest absolute Gasteiger partial charge is 0.482 e. The Balaban J connectivity index is 2.24. The molecular formula is C12H15BO4. The predicted molar refractivity (Wildman–Crippen MR) is 65.4 cm³/mol. The number of hydrogen-bond donors (Lipinski definition) is 1. The summed E-state index contributed by atoms with van der Waals surface area (Å²) in [4.78, 5) is 21.9. The van der Waals surface area contributed by atoms with Crippen molar-refractivity contribution in [2.24, 2.45) is 0 Å². The average molecular weight is 234 g/mol. The summed E-state index contributed by atoms with van der Waals surface area (Å²) in [5.41, 5.74) is 0.923. The van der Waals surface area contributed by atoms with Crippen LogP contribution < -0.4 is 0 Å². The van der Waals surface area contributed by atoms with Crippen molar-refractivity contribution in [1.29, 1.82) is 0 Å². The zero-order chi connectivity index (χ0) is 12.7. The normalized spacial score (nSPS) is 11.8. The van der Waals surface area contributed by atoms with Crippen LogP contribution in [0.3, 0.4) is 0 Å². The third kappa shape index (κ3) is 5.20. The fourth-order valence-electron chi connectivity index (χ4n) is 1.27. The number of carbonyl (C=O) groups is 2. The zero-order valence-electron chi connectivity index (χ0n) is 9.76. The van der Waals surface area contributed by atoms with Gasteiger partial charge in [0.05, 0.1) is 0 Å². The van der Waals surface area contributed by atoms with E-state index in [0.29, 0.717) is 6.42 Å². The Morgan fingerprint density at radius 3 is 2.53 bits per heavy atom. The maximum absolute atomic E-state index is 11.3. The molecule has 0 aromatic heterocycles. The topological polar surface area (TPSA) is 63.6 Å². The fourth-order valence-corrected chi connectivity index (χ4v) is 1.27. The van der Waals surface area contributed by atoms with Crippen LogP contribution >= 0.6 is 0 Å². The van der Waals surface area contributed by atoms with Gasteiger partial charge >= 0.3 is 5.97 Å². The van der Waals surface area contributed by atoms with E-state index in [-0.39, 0.29) is 19.0 Å². The first-order valence-corrected chi connectivity index (χ1v) is 5.52. The van der Waals surface area contributed by atoms with Crippen LogP contribution in [0.4, 0.5) is 0 Å². The molecular weight excluding hydrogens is 219 g/mol. The molecule has 0 fully saturated rings. The minimum atomic E-state index is -0.888. The first-order valence-electron chi connectivity index (χ1n) is 5.52. The van der Waals surface area contributed by atoms with Gasteiger partial charge in [0, 0.05) is 12.2 Å². The van der Waals surface area contributed by atoms with Gasteiger partial charge in [-0.05, 0) is 12.0 Å². The highest BCUT2D eigenvalue weighted by atomic mass is 16.5. The third-order valence-electron chi connectivity index (χ3n) is 2.45. The molecule has 17 heavy (non-hydrogen) atoms. The highest BCUT2D eigenvalue weighted by Gasteiger charge is 2.13. The van der Waals surface area contributed by atoms with Gasteiger partial charge in [0.1, 0.15) is 14.5 Å². The van der Waals surface area contributed by atoms with E-state index in [4.69, 9.17) is 9.84 Å². The van der Waals surface area contributed by atoms with Gasteiger partial charge in [0.2, 0.25) is 0 Å². The SMILES string of the molecule is B[C@@H](CCC(=O)OCc1ccccc1)C(=O)O. The summed E-state index contributed by atoms with van der Waals surface area (Å²) < 4.78 is 5.03. The van der Waals surface area contributed by atoms with Crippen LogP contribution in [0.2, 0.25) is 5.82 Å². The van der Waals surface area contributed by atoms with Crippen molar-refractivity contribution >= 4 is 19.8 Å². The summed E-state index contributed by atoms with van der Waals surface area (Å²) in [6, 6.07) is 9.37. The molecule has 1 rings (SSSR count). The van der Waals surface area contributed by atoms with E-state index in [1.165, 1.54) is 0 Å². The first-order chi connectivity index (χ1) is 8.09. The lowest BCUT2D eigenvalue weighted by Gasteiger charge is -2.06. The molecule has 0 amide bonds. The van der Waals surface area contributed by atoms with Crippen molar-refractivity contribution in [2.45, 2.75) is 25.3 Å². The summed E-state index contributed by atoms with van der Waals surface area (Å²) in [6.07, 6.45) is 0.448. The number of hydrogen-bond acceptors (Lipinski definition) is 3. The lowest BCUT2D eigenvalue weighted by atomic mass is 9.84. The van der Waals surface area contributed by atoms with Crippen molar-refractivity contribution in [1.82, 2.24) is 0 Å². The van der Waals surface area contributed by atoms with Crippen LogP contribution in [0.5, 0.6) is 0 Å². The second-order valence-electron chi connectivity index (χ2n) is 3.92. The molecule has 0 aliphatic heterocycles. The quantitative estimate of drug-likeness (QED) is 0.589. The van der Waals surface area contributed by atoms with E-state index < -0.39 is 11.8 Å². The standard InChI is InChI=1S/C12H15BO4/c13-10(12(15)16)6-7-11(14)17-8-9-4-2-1-3-5-9/h1-5,10H,6-8,13H2,(H,15,16)/t10-/m0/s1. The number of carboxylic acids is 1. The second kappa shape index (κ2) is 6.73. The number of esters is 1. The monoisotopic (exact) mass is 234 g/mol. The Hall–Kier alpha value is -1.78. The van der Waals surface area contributed by atoms with Crippen LogP contribution in [-0.4, -0.2) is 24.9 Å². The van der Waals surface area contributed by atoms with Gasteiger partial charge in [0.15, 0.2) is 0 Å². The molecule has 1 atom stereocenters. The van der Waals surface area contributed by atoms with Gasteiger partial charge in [-0.1, -0.05) is 30.3 Å². The van der Waals surface area contributed by atoms with Gasteiger partial charge in [0.25, 0.3) is 5.97 Å². The van der Waals surface area contributed by atoms with E-state index in [2.05, 4.69) is 0 Å². The molecule has 0 radical (unpaired) electrons. The molecule has 4 nitrogen and oxygen atoms in total. The number of carbonyl (C=O) groups excluding carboxylic acids is 1. The van der Waals surface area contributed by atoms with Crippen LogP contribution in [0, 0.1) is 0 Å². The minimum absolute atomic E-state index is 0.139. The Bertz CT molecular complexity index is 377. The van der Waals surface area contributed by atoms with Gasteiger partial charge < -0.3 is 9.84 Å². The molecule has 90 valence electrons. The van der Waals surface area contributed by atoms with Crippen LogP contribution in [0.1, 0.15) is 18.4 Å². The maximum Gasteiger partial charge on any atom is 0.306 e. The molecule has 0 heterocycles. The summed E-state index contributed by atoms with van der Waals surface area (Å²) >= 11 is 0. The van der Waals surface area contributed by atoms with Gasteiger partial charge in [-0.2, -0.15) is 0 Å². The molecule has 0 saturated carbocycles. The van der Waals surface area contributed by atoms with Crippen molar-refractivity contribution < 1.29 is 19.4 Å².